The second-order valence-electron chi connectivity index (χ2n) is 5.50. The smallest absolute Gasteiger partial charge is 0.0701 e. The van der Waals surface area contributed by atoms with E-state index >= 15 is 0 Å². The van der Waals surface area contributed by atoms with E-state index in [1.165, 1.54) is 32.1 Å². The molecule has 1 saturated carbocycles. The maximum atomic E-state index is 5.54. The first-order chi connectivity index (χ1) is 8.83. The van der Waals surface area contributed by atoms with E-state index in [9.17, 15) is 0 Å². The van der Waals surface area contributed by atoms with Crippen LogP contribution in [-0.4, -0.2) is 39.0 Å². The first-order valence-electron chi connectivity index (χ1n) is 7.71. The Morgan fingerprint density at radius 3 is 2.56 bits per heavy atom. The van der Waals surface area contributed by atoms with Gasteiger partial charge in [-0.15, -0.1) is 0 Å². The van der Waals surface area contributed by atoms with Crippen LogP contribution in [0.25, 0.3) is 0 Å². The summed E-state index contributed by atoms with van der Waals surface area (Å²) in [6, 6.07) is 0.721. The second kappa shape index (κ2) is 10.8. The van der Waals surface area contributed by atoms with E-state index in [1.54, 1.807) is 0 Å². The van der Waals surface area contributed by atoms with Gasteiger partial charge in [0.1, 0.15) is 0 Å². The van der Waals surface area contributed by atoms with Gasteiger partial charge in [0.15, 0.2) is 0 Å². The predicted octanol–water partition coefficient (Wildman–Crippen LogP) is 2.99. The molecule has 2 unspecified atom stereocenters. The number of unbranched alkanes of at least 4 members (excludes halogenated alkanes) is 1. The van der Waals surface area contributed by atoms with E-state index in [1.807, 2.05) is 0 Å². The molecule has 0 bridgehead atoms. The van der Waals surface area contributed by atoms with Crippen molar-refractivity contribution in [1.29, 1.82) is 0 Å². The third kappa shape index (κ3) is 8.06. The maximum Gasteiger partial charge on any atom is 0.0701 e. The summed E-state index contributed by atoms with van der Waals surface area (Å²) in [5.41, 5.74) is 0. The summed E-state index contributed by atoms with van der Waals surface area (Å²) in [5, 5.41) is 3.60. The molecule has 0 spiro atoms. The minimum atomic E-state index is 0.721. The fraction of sp³-hybridized carbons (Fsp3) is 1.00. The lowest BCUT2D eigenvalue weighted by atomic mass is 9.87. The lowest BCUT2D eigenvalue weighted by Gasteiger charge is -2.27. The van der Waals surface area contributed by atoms with E-state index in [4.69, 9.17) is 9.47 Å². The van der Waals surface area contributed by atoms with E-state index < -0.39 is 0 Å². The van der Waals surface area contributed by atoms with E-state index in [0.29, 0.717) is 0 Å². The Labute approximate surface area is 113 Å². The van der Waals surface area contributed by atoms with Crippen LogP contribution in [0.1, 0.15) is 52.4 Å². The van der Waals surface area contributed by atoms with Crippen molar-refractivity contribution in [2.45, 2.75) is 58.4 Å². The summed E-state index contributed by atoms with van der Waals surface area (Å²) in [6.07, 6.45) is 7.81. The van der Waals surface area contributed by atoms with Crippen LogP contribution < -0.4 is 5.32 Å². The molecule has 1 rings (SSSR count). The number of rotatable bonds is 10. The average Bonchev–Trinajstić information content (AvgIpc) is 2.37. The van der Waals surface area contributed by atoms with Crippen molar-refractivity contribution in [1.82, 2.24) is 5.32 Å². The second-order valence-corrected chi connectivity index (χ2v) is 5.50. The molecular formula is C15H31NO2. The van der Waals surface area contributed by atoms with Gasteiger partial charge < -0.3 is 14.8 Å². The predicted molar refractivity (Wildman–Crippen MR) is 76.0 cm³/mol. The molecule has 0 aliphatic heterocycles. The van der Waals surface area contributed by atoms with Crippen LogP contribution in [0, 0.1) is 5.92 Å². The highest BCUT2D eigenvalue weighted by molar-refractivity contribution is 4.75. The van der Waals surface area contributed by atoms with Crippen LogP contribution in [0.15, 0.2) is 0 Å². The van der Waals surface area contributed by atoms with Crippen molar-refractivity contribution >= 4 is 0 Å². The molecule has 1 aliphatic carbocycles. The number of hydrogen-bond acceptors (Lipinski definition) is 3. The Morgan fingerprint density at radius 1 is 1.06 bits per heavy atom. The zero-order chi connectivity index (χ0) is 13.1. The fourth-order valence-electron chi connectivity index (χ4n) is 2.52. The van der Waals surface area contributed by atoms with Gasteiger partial charge in [-0.2, -0.15) is 0 Å². The zero-order valence-corrected chi connectivity index (χ0v) is 12.2. The van der Waals surface area contributed by atoms with Crippen molar-refractivity contribution in [3.8, 4) is 0 Å². The molecule has 108 valence electrons. The summed E-state index contributed by atoms with van der Waals surface area (Å²) < 4.78 is 11.0. The summed E-state index contributed by atoms with van der Waals surface area (Å²) in [6.45, 7) is 8.66. The van der Waals surface area contributed by atoms with E-state index in [0.717, 1.165) is 51.4 Å². The zero-order valence-electron chi connectivity index (χ0n) is 12.2. The Balaban J connectivity index is 1.80. The minimum Gasteiger partial charge on any atom is -0.379 e. The Hall–Kier alpha value is -0.120. The lowest BCUT2D eigenvalue weighted by Crippen LogP contribution is -2.35. The van der Waals surface area contributed by atoms with Gasteiger partial charge in [0, 0.05) is 19.2 Å². The molecule has 3 nitrogen and oxygen atoms in total. The SMILES string of the molecule is CCCCOCCOCCNC1CCCC(C)C1. The third-order valence-corrected chi connectivity index (χ3v) is 3.63. The van der Waals surface area contributed by atoms with Crippen molar-refractivity contribution in [3.63, 3.8) is 0 Å². The first kappa shape index (κ1) is 15.9. The molecule has 1 N–H and O–H groups in total. The topological polar surface area (TPSA) is 30.5 Å². The summed E-state index contributed by atoms with van der Waals surface area (Å²) in [5.74, 6) is 0.893. The number of ether oxygens (including phenoxy) is 2. The van der Waals surface area contributed by atoms with Crippen LogP contribution in [0.3, 0.4) is 0 Å². The van der Waals surface area contributed by atoms with E-state index in [2.05, 4.69) is 19.2 Å². The highest BCUT2D eigenvalue weighted by Gasteiger charge is 2.17. The van der Waals surface area contributed by atoms with Gasteiger partial charge in [-0.1, -0.05) is 33.1 Å². The van der Waals surface area contributed by atoms with Crippen LogP contribution in [-0.2, 0) is 9.47 Å². The fourth-order valence-corrected chi connectivity index (χ4v) is 2.52. The highest BCUT2D eigenvalue weighted by atomic mass is 16.5. The lowest BCUT2D eigenvalue weighted by molar-refractivity contribution is 0.0467. The van der Waals surface area contributed by atoms with Crippen molar-refractivity contribution < 1.29 is 9.47 Å². The molecule has 0 aromatic carbocycles. The van der Waals surface area contributed by atoms with Gasteiger partial charge in [0.05, 0.1) is 19.8 Å². The molecule has 0 radical (unpaired) electrons. The normalized spacial score (nSPS) is 24.3. The van der Waals surface area contributed by atoms with Crippen molar-refractivity contribution in [2.75, 3.05) is 33.0 Å². The van der Waals surface area contributed by atoms with Gasteiger partial charge in [0.25, 0.3) is 0 Å². The van der Waals surface area contributed by atoms with E-state index in [-0.39, 0.29) is 0 Å². The van der Waals surface area contributed by atoms with Crippen LogP contribution in [0.4, 0.5) is 0 Å². The van der Waals surface area contributed by atoms with Crippen LogP contribution in [0.2, 0.25) is 0 Å². The Bertz CT molecular complexity index is 187. The Kier molecular flexibility index (Phi) is 9.54. The highest BCUT2D eigenvalue weighted by Crippen LogP contribution is 2.23. The summed E-state index contributed by atoms with van der Waals surface area (Å²) >= 11 is 0. The quantitative estimate of drug-likeness (QED) is 0.610. The number of hydrogen-bond donors (Lipinski definition) is 1. The van der Waals surface area contributed by atoms with Gasteiger partial charge in [0.2, 0.25) is 0 Å². The largest absolute Gasteiger partial charge is 0.379 e. The van der Waals surface area contributed by atoms with Gasteiger partial charge in [-0.3, -0.25) is 0 Å². The number of nitrogens with one attached hydrogen (secondary N) is 1. The van der Waals surface area contributed by atoms with Crippen LogP contribution >= 0.6 is 0 Å². The van der Waals surface area contributed by atoms with Crippen LogP contribution in [0.5, 0.6) is 0 Å². The molecule has 2 atom stereocenters. The van der Waals surface area contributed by atoms with Crippen molar-refractivity contribution in [2.24, 2.45) is 5.92 Å². The molecule has 0 heterocycles. The average molecular weight is 257 g/mol. The van der Waals surface area contributed by atoms with Crippen molar-refractivity contribution in [3.05, 3.63) is 0 Å². The molecule has 1 aliphatic rings. The third-order valence-electron chi connectivity index (χ3n) is 3.63. The molecule has 1 fully saturated rings. The molecule has 3 heteroatoms. The monoisotopic (exact) mass is 257 g/mol. The standard InChI is InChI=1S/C15H31NO2/c1-3-4-9-17-11-12-18-10-8-16-15-7-5-6-14(2)13-15/h14-16H,3-13H2,1-2H3. The summed E-state index contributed by atoms with van der Waals surface area (Å²) in [7, 11) is 0. The van der Waals surface area contributed by atoms with Gasteiger partial charge >= 0.3 is 0 Å². The molecule has 0 saturated heterocycles. The molecule has 0 aromatic rings. The maximum absolute atomic E-state index is 5.54. The molecular weight excluding hydrogens is 226 g/mol. The molecule has 18 heavy (non-hydrogen) atoms. The van der Waals surface area contributed by atoms with Gasteiger partial charge in [-0.25, -0.2) is 0 Å². The minimum absolute atomic E-state index is 0.721. The Morgan fingerprint density at radius 2 is 1.83 bits per heavy atom. The first-order valence-corrected chi connectivity index (χ1v) is 7.71. The summed E-state index contributed by atoms with van der Waals surface area (Å²) in [4.78, 5) is 0. The van der Waals surface area contributed by atoms with Gasteiger partial charge in [-0.05, 0) is 25.2 Å². The molecule has 0 amide bonds. The molecule has 0 aromatic heterocycles.